The maximum absolute atomic E-state index is 9.28. The topological polar surface area (TPSA) is 95.2 Å². The number of hydrogen-bond donors (Lipinski definition) is 4. The second-order valence-electron chi connectivity index (χ2n) is 2.26. The van der Waals surface area contributed by atoms with Gasteiger partial charge < -0.3 is 15.9 Å². The van der Waals surface area contributed by atoms with Gasteiger partial charge in [0.05, 0.1) is 11.8 Å². The molecule has 0 aromatic carbocycles. The summed E-state index contributed by atoms with van der Waals surface area (Å²) in [5, 5.41) is 24.5. The fourth-order valence-electron chi connectivity index (χ4n) is 0.768. The number of nitrogens with one attached hydrogen (secondary N) is 1. The summed E-state index contributed by atoms with van der Waals surface area (Å²) < 4.78 is 0. The van der Waals surface area contributed by atoms with Crippen molar-refractivity contribution in [3.05, 3.63) is 18.0 Å². The molecule has 0 radical (unpaired) electrons. The molecule has 5 heteroatoms. The van der Waals surface area contributed by atoms with Gasteiger partial charge in [-0.1, -0.05) is 0 Å². The Morgan fingerprint density at radius 3 is 2.82 bits per heavy atom. The van der Waals surface area contributed by atoms with E-state index in [-0.39, 0.29) is 6.54 Å². The number of hydrogen-bond acceptors (Lipinski definition) is 4. The third-order valence-electron chi connectivity index (χ3n) is 1.45. The van der Waals surface area contributed by atoms with Crippen LogP contribution < -0.4 is 5.73 Å². The fourth-order valence-corrected chi connectivity index (χ4v) is 0.768. The highest BCUT2D eigenvalue weighted by atomic mass is 16.3. The number of nitrogens with two attached hydrogens (primary N) is 1. The normalized spacial score (nSPS) is 16.3. The molecule has 5 N–H and O–H groups in total. The molecule has 1 heterocycles. The van der Waals surface area contributed by atoms with Crippen LogP contribution in [0.3, 0.4) is 0 Å². The Morgan fingerprint density at radius 1 is 1.64 bits per heavy atom. The standard InChI is InChI=1S/C6H11N3O2/c7-3-5(10)6(11)4-1-2-8-9-4/h1-2,5-6,10-11H,3,7H2,(H,8,9). The van der Waals surface area contributed by atoms with E-state index in [0.717, 1.165) is 0 Å². The van der Waals surface area contributed by atoms with E-state index in [1.54, 1.807) is 6.07 Å². The quantitative estimate of drug-likeness (QED) is 0.441. The first-order chi connectivity index (χ1) is 5.25. The van der Waals surface area contributed by atoms with Crippen LogP contribution in [0.2, 0.25) is 0 Å². The summed E-state index contributed by atoms with van der Waals surface area (Å²) in [4.78, 5) is 0. The lowest BCUT2D eigenvalue weighted by Gasteiger charge is -2.13. The molecule has 0 bridgehead atoms. The molecule has 1 rings (SSSR count). The molecule has 2 atom stereocenters. The molecule has 0 saturated carbocycles. The molecule has 1 aromatic heterocycles. The first-order valence-corrected chi connectivity index (χ1v) is 3.31. The Bertz CT molecular complexity index is 200. The summed E-state index contributed by atoms with van der Waals surface area (Å²) in [6.45, 7) is 0.0280. The lowest BCUT2D eigenvalue weighted by molar-refractivity contribution is 0.0217. The Kier molecular flexibility index (Phi) is 2.58. The van der Waals surface area contributed by atoms with Gasteiger partial charge in [-0.05, 0) is 6.07 Å². The van der Waals surface area contributed by atoms with E-state index in [0.29, 0.717) is 5.69 Å². The maximum atomic E-state index is 9.28. The van der Waals surface area contributed by atoms with Crippen LogP contribution >= 0.6 is 0 Å². The van der Waals surface area contributed by atoms with Crippen molar-refractivity contribution in [2.75, 3.05) is 6.54 Å². The smallest absolute Gasteiger partial charge is 0.122 e. The molecular weight excluding hydrogens is 146 g/mol. The van der Waals surface area contributed by atoms with Crippen molar-refractivity contribution in [2.24, 2.45) is 5.73 Å². The minimum atomic E-state index is -0.970. The van der Waals surface area contributed by atoms with Crippen molar-refractivity contribution in [1.82, 2.24) is 10.2 Å². The zero-order chi connectivity index (χ0) is 8.27. The van der Waals surface area contributed by atoms with Crippen LogP contribution in [0.5, 0.6) is 0 Å². The predicted molar refractivity (Wildman–Crippen MR) is 38.6 cm³/mol. The molecule has 0 aliphatic carbocycles. The van der Waals surface area contributed by atoms with Gasteiger partial charge in [0.1, 0.15) is 6.10 Å². The molecule has 5 nitrogen and oxygen atoms in total. The summed E-state index contributed by atoms with van der Waals surface area (Å²) in [6, 6.07) is 1.59. The lowest BCUT2D eigenvalue weighted by Crippen LogP contribution is -2.27. The van der Waals surface area contributed by atoms with E-state index in [1.165, 1.54) is 6.20 Å². The fraction of sp³-hybridized carbons (Fsp3) is 0.500. The Morgan fingerprint density at radius 2 is 2.36 bits per heavy atom. The number of nitrogens with zero attached hydrogens (tertiary/aromatic N) is 1. The van der Waals surface area contributed by atoms with Gasteiger partial charge in [0.15, 0.2) is 0 Å². The van der Waals surface area contributed by atoms with Crippen LogP contribution in [0.1, 0.15) is 11.8 Å². The van der Waals surface area contributed by atoms with Crippen LogP contribution in [0.15, 0.2) is 12.3 Å². The second-order valence-corrected chi connectivity index (χ2v) is 2.26. The summed E-state index contributed by atoms with van der Waals surface area (Å²) in [5.41, 5.74) is 5.61. The highest BCUT2D eigenvalue weighted by Crippen LogP contribution is 2.11. The van der Waals surface area contributed by atoms with Gasteiger partial charge in [-0.15, -0.1) is 0 Å². The molecule has 11 heavy (non-hydrogen) atoms. The summed E-state index contributed by atoms with van der Waals surface area (Å²) in [6.07, 6.45) is -0.403. The van der Waals surface area contributed by atoms with E-state index in [1.807, 2.05) is 0 Å². The number of aliphatic hydroxyl groups is 2. The van der Waals surface area contributed by atoms with Crippen molar-refractivity contribution in [2.45, 2.75) is 12.2 Å². The van der Waals surface area contributed by atoms with Crippen molar-refractivity contribution in [1.29, 1.82) is 0 Å². The zero-order valence-corrected chi connectivity index (χ0v) is 5.94. The minimum absolute atomic E-state index is 0.0280. The number of aromatic amines is 1. The second kappa shape index (κ2) is 3.47. The molecule has 0 aliphatic rings. The van der Waals surface area contributed by atoms with Crippen LogP contribution in [-0.4, -0.2) is 33.1 Å². The Labute approximate surface area is 63.9 Å². The summed E-state index contributed by atoms with van der Waals surface area (Å²) >= 11 is 0. The van der Waals surface area contributed by atoms with Gasteiger partial charge in [0.2, 0.25) is 0 Å². The van der Waals surface area contributed by atoms with Gasteiger partial charge in [-0.2, -0.15) is 5.10 Å². The number of rotatable bonds is 3. The van der Waals surface area contributed by atoms with Crippen molar-refractivity contribution in [3.63, 3.8) is 0 Å². The van der Waals surface area contributed by atoms with E-state index < -0.39 is 12.2 Å². The van der Waals surface area contributed by atoms with E-state index >= 15 is 0 Å². The number of aromatic nitrogens is 2. The minimum Gasteiger partial charge on any atom is -0.389 e. The van der Waals surface area contributed by atoms with E-state index in [2.05, 4.69) is 10.2 Å². The number of H-pyrrole nitrogens is 1. The van der Waals surface area contributed by atoms with Crippen molar-refractivity contribution >= 4 is 0 Å². The van der Waals surface area contributed by atoms with Gasteiger partial charge in [-0.3, -0.25) is 5.10 Å². The van der Waals surface area contributed by atoms with Crippen LogP contribution in [0, 0.1) is 0 Å². The molecule has 0 fully saturated rings. The molecule has 0 aliphatic heterocycles. The third-order valence-corrected chi connectivity index (χ3v) is 1.45. The predicted octanol–water partition coefficient (Wildman–Crippen LogP) is -1.24. The van der Waals surface area contributed by atoms with Crippen molar-refractivity contribution in [3.8, 4) is 0 Å². The molecule has 0 saturated heterocycles. The summed E-state index contributed by atoms with van der Waals surface area (Å²) in [7, 11) is 0. The zero-order valence-electron chi connectivity index (χ0n) is 5.94. The van der Waals surface area contributed by atoms with Gasteiger partial charge in [0.25, 0.3) is 0 Å². The average Bonchev–Trinajstić information content (AvgIpc) is 2.53. The molecule has 0 spiro atoms. The largest absolute Gasteiger partial charge is 0.389 e. The SMILES string of the molecule is NCC(O)C(O)c1ccn[nH]1. The highest BCUT2D eigenvalue weighted by molar-refractivity contribution is 5.03. The third kappa shape index (κ3) is 1.76. The molecule has 0 amide bonds. The summed E-state index contributed by atoms with van der Waals surface area (Å²) in [5.74, 6) is 0. The van der Waals surface area contributed by atoms with Gasteiger partial charge in [-0.25, -0.2) is 0 Å². The molecule has 62 valence electrons. The van der Waals surface area contributed by atoms with Crippen LogP contribution in [-0.2, 0) is 0 Å². The van der Waals surface area contributed by atoms with Crippen LogP contribution in [0.4, 0.5) is 0 Å². The maximum Gasteiger partial charge on any atom is 0.122 e. The molecule has 1 aromatic rings. The van der Waals surface area contributed by atoms with Gasteiger partial charge >= 0.3 is 0 Å². The number of aliphatic hydroxyl groups excluding tert-OH is 2. The van der Waals surface area contributed by atoms with Gasteiger partial charge in [0, 0.05) is 12.7 Å². The first-order valence-electron chi connectivity index (χ1n) is 3.31. The van der Waals surface area contributed by atoms with E-state index in [4.69, 9.17) is 10.8 Å². The first kappa shape index (κ1) is 8.19. The Balaban J connectivity index is 2.62. The van der Waals surface area contributed by atoms with Crippen molar-refractivity contribution < 1.29 is 10.2 Å². The monoisotopic (exact) mass is 157 g/mol. The molecular formula is C6H11N3O2. The highest BCUT2D eigenvalue weighted by Gasteiger charge is 2.17. The van der Waals surface area contributed by atoms with Crippen LogP contribution in [0.25, 0.3) is 0 Å². The average molecular weight is 157 g/mol. The van der Waals surface area contributed by atoms with E-state index in [9.17, 15) is 5.11 Å². The molecule has 2 unspecified atom stereocenters. The Hall–Kier alpha value is -0.910. The lowest BCUT2D eigenvalue weighted by atomic mass is 10.1.